The predicted molar refractivity (Wildman–Crippen MR) is 97.8 cm³/mol. The van der Waals surface area contributed by atoms with E-state index in [9.17, 15) is 25.0 Å². The van der Waals surface area contributed by atoms with E-state index >= 15 is 0 Å². The van der Waals surface area contributed by atoms with Crippen molar-refractivity contribution < 1.29 is 19.4 Å². The van der Waals surface area contributed by atoms with Crippen LogP contribution in [0.15, 0.2) is 23.3 Å². The number of hydrogen-bond acceptors (Lipinski definition) is 8. The Labute approximate surface area is 155 Å². The third kappa shape index (κ3) is 4.68. The summed E-state index contributed by atoms with van der Waals surface area (Å²) < 4.78 is 5.04. The molecule has 2 atom stereocenters. The van der Waals surface area contributed by atoms with Crippen LogP contribution in [0.3, 0.4) is 0 Å². The van der Waals surface area contributed by atoms with Crippen LogP contribution in [0.1, 0.15) is 27.2 Å². The number of amides is 1. The lowest BCUT2D eigenvalue weighted by molar-refractivity contribution is -0.393. The van der Waals surface area contributed by atoms with Gasteiger partial charge >= 0.3 is 11.8 Å². The minimum atomic E-state index is -0.703. The molecule has 1 N–H and O–H groups in total. The van der Waals surface area contributed by atoms with Gasteiger partial charge in [0, 0.05) is 36.7 Å². The van der Waals surface area contributed by atoms with Gasteiger partial charge < -0.3 is 9.64 Å². The van der Waals surface area contributed by atoms with E-state index in [1.807, 2.05) is 13.8 Å². The summed E-state index contributed by atoms with van der Waals surface area (Å²) in [7, 11) is 0. The number of rotatable bonds is 5. The zero-order chi connectivity index (χ0) is 20.1. The number of non-ortho nitro benzene ring substituents is 1. The van der Waals surface area contributed by atoms with Crippen molar-refractivity contribution in [3.63, 3.8) is 0 Å². The number of hydrazone groups is 1. The molecule has 1 fully saturated rings. The SMILES string of the molecule is CCOC(=O)N1C[C@H](C)/C(=N\Nc2ccc([N+](=O)[O-])cc2[N+](=O)[O-])C[C@@H]1C. The highest BCUT2D eigenvalue weighted by molar-refractivity contribution is 5.90. The van der Waals surface area contributed by atoms with Crippen LogP contribution >= 0.6 is 0 Å². The Balaban J connectivity index is 2.17. The fourth-order valence-electron chi connectivity index (χ4n) is 2.82. The Bertz CT molecular complexity index is 781. The summed E-state index contributed by atoms with van der Waals surface area (Å²) in [6.07, 6.45) is 0.100. The monoisotopic (exact) mass is 379 g/mol. The van der Waals surface area contributed by atoms with Gasteiger partial charge in [-0.15, -0.1) is 0 Å². The number of nitrogens with zero attached hydrogens (tertiary/aromatic N) is 4. The quantitative estimate of drug-likeness (QED) is 0.612. The highest BCUT2D eigenvalue weighted by Crippen LogP contribution is 2.29. The lowest BCUT2D eigenvalue weighted by Gasteiger charge is -2.36. The third-order valence-electron chi connectivity index (χ3n) is 4.29. The minimum Gasteiger partial charge on any atom is -0.450 e. The number of likely N-dealkylation sites (tertiary alicyclic amines) is 1. The molecule has 1 aliphatic rings. The predicted octanol–water partition coefficient (Wildman–Crippen LogP) is 3.16. The van der Waals surface area contributed by atoms with E-state index in [0.717, 1.165) is 11.8 Å². The van der Waals surface area contributed by atoms with Gasteiger partial charge in [0.05, 0.1) is 22.5 Å². The van der Waals surface area contributed by atoms with Crippen LogP contribution in [-0.4, -0.2) is 45.7 Å². The molecule has 0 unspecified atom stereocenters. The van der Waals surface area contributed by atoms with Crippen LogP contribution < -0.4 is 5.43 Å². The number of nitro benzene ring substituents is 2. The fourth-order valence-corrected chi connectivity index (χ4v) is 2.82. The number of piperidine rings is 1. The highest BCUT2D eigenvalue weighted by Gasteiger charge is 2.32. The minimum absolute atomic E-state index is 0.0609. The molecule has 0 spiro atoms. The molecule has 1 aromatic carbocycles. The number of benzene rings is 1. The van der Waals surface area contributed by atoms with E-state index in [1.165, 1.54) is 12.1 Å². The second-order valence-corrected chi connectivity index (χ2v) is 6.24. The highest BCUT2D eigenvalue weighted by atomic mass is 16.6. The van der Waals surface area contributed by atoms with E-state index in [4.69, 9.17) is 4.74 Å². The first-order chi connectivity index (χ1) is 12.7. The van der Waals surface area contributed by atoms with E-state index in [1.54, 1.807) is 11.8 Å². The number of hydrogen-bond donors (Lipinski definition) is 1. The van der Waals surface area contributed by atoms with Crippen LogP contribution in [0.4, 0.5) is 21.9 Å². The van der Waals surface area contributed by atoms with Crippen molar-refractivity contribution in [3.8, 4) is 0 Å². The van der Waals surface area contributed by atoms with Crippen molar-refractivity contribution in [2.75, 3.05) is 18.6 Å². The van der Waals surface area contributed by atoms with Crippen LogP contribution in [0, 0.1) is 26.1 Å². The van der Waals surface area contributed by atoms with Crippen LogP contribution in [0.2, 0.25) is 0 Å². The average molecular weight is 379 g/mol. The van der Waals surface area contributed by atoms with Gasteiger partial charge in [-0.05, 0) is 19.9 Å². The Morgan fingerprint density at radius 2 is 2.04 bits per heavy atom. The summed E-state index contributed by atoms with van der Waals surface area (Å²) >= 11 is 0. The van der Waals surface area contributed by atoms with Gasteiger partial charge in [-0.2, -0.15) is 5.10 Å². The number of anilines is 1. The summed E-state index contributed by atoms with van der Waals surface area (Å²) in [6, 6.07) is 3.18. The zero-order valence-electron chi connectivity index (χ0n) is 15.2. The number of carbonyl (C=O) groups is 1. The molecular formula is C16H21N5O6. The van der Waals surface area contributed by atoms with Gasteiger partial charge in [0.2, 0.25) is 0 Å². The molecule has 0 saturated carbocycles. The van der Waals surface area contributed by atoms with Gasteiger partial charge in [0.25, 0.3) is 5.69 Å². The fraction of sp³-hybridized carbons (Fsp3) is 0.500. The van der Waals surface area contributed by atoms with Gasteiger partial charge in [0.15, 0.2) is 0 Å². The summed E-state index contributed by atoms with van der Waals surface area (Å²) in [5, 5.41) is 26.2. The largest absolute Gasteiger partial charge is 0.450 e. The molecule has 0 aromatic heterocycles. The first-order valence-corrected chi connectivity index (χ1v) is 8.43. The van der Waals surface area contributed by atoms with E-state index in [2.05, 4.69) is 10.5 Å². The second kappa shape index (κ2) is 8.43. The Kier molecular flexibility index (Phi) is 6.27. The maximum atomic E-state index is 12.0. The topological polar surface area (TPSA) is 140 Å². The van der Waals surface area contributed by atoms with Crippen molar-refractivity contribution in [1.29, 1.82) is 0 Å². The van der Waals surface area contributed by atoms with Crippen LogP contribution in [0.5, 0.6) is 0 Å². The van der Waals surface area contributed by atoms with Crippen molar-refractivity contribution in [2.45, 2.75) is 33.2 Å². The number of ether oxygens (including phenoxy) is 1. The molecule has 2 rings (SSSR count). The summed E-state index contributed by atoms with van der Waals surface area (Å²) in [5.41, 5.74) is 2.64. The lowest BCUT2D eigenvalue weighted by atomic mass is 9.93. The first-order valence-electron chi connectivity index (χ1n) is 8.43. The smallest absolute Gasteiger partial charge is 0.410 e. The van der Waals surface area contributed by atoms with Gasteiger partial charge in [-0.3, -0.25) is 25.7 Å². The number of nitrogens with one attached hydrogen (secondary N) is 1. The maximum absolute atomic E-state index is 12.0. The van der Waals surface area contributed by atoms with Gasteiger partial charge in [0.1, 0.15) is 5.69 Å². The van der Waals surface area contributed by atoms with Crippen LogP contribution in [0.25, 0.3) is 0 Å². The second-order valence-electron chi connectivity index (χ2n) is 6.24. The molecule has 146 valence electrons. The number of nitro groups is 2. The Morgan fingerprint density at radius 1 is 1.33 bits per heavy atom. The Morgan fingerprint density at radius 3 is 2.63 bits per heavy atom. The summed E-state index contributed by atoms with van der Waals surface area (Å²) in [6.45, 7) is 6.21. The van der Waals surface area contributed by atoms with Gasteiger partial charge in [-0.1, -0.05) is 6.92 Å². The van der Waals surface area contributed by atoms with Crippen molar-refractivity contribution in [3.05, 3.63) is 38.4 Å². The van der Waals surface area contributed by atoms with E-state index in [0.29, 0.717) is 19.6 Å². The van der Waals surface area contributed by atoms with E-state index in [-0.39, 0.29) is 29.4 Å². The summed E-state index contributed by atoms with van der Waals surface area (Å²) in [4.78, 5) is 34.2. The Hall–Kier alpha value is -3.24. The molecule has 27 heavy (non-hydrogen) atoms. The number of carbonyl (C=O) groups excluding carboxylic acids is 1. The van der Waals surface area contributed by atoms with Crippen molar-refractivity contribution in [1.82, 2.24) is 4.90 Å². The molecule has 1 saturated heterocycles. The normalized spacial score (nSPS) is 21.0. The first kappa shape index (κ1) is 20.1. The van der Waals surface area contributed by atoms with Gasteiger partial charge in [-0.25, -0.2) is 4.79 Å². The van der Waals surface area contributed by atoms with E-state index < -0.39 is 15.5 Å². The molecule has 0 radical (unpaired) electrons. The molecular weight excluding hydrogens is 358 g/mol. The maximum Gasteiger partial charge on any atom is 0.410 e. The standard InChI is InChI=1S/C16H21N5O6/c1-4-27-16(22)19-9-10(2)14(7-11(19)3)18-17-13-6-5-12(20(23)24)8-15(13)21(25)26/h5-6,8,10-11,17H,4,7,9H2,1-3H3/b18-14-/t10-,11-/m0/s1. The molecule has 0 bridgehead atoms. The lowest BCUT2D eigenvalue weighted by Crippen LogP contribution is -2.49. The zero-order valence-corrected chi connectivity index (χ0v) is 15.2. The summed E-state index contributed by atoms with van der Waals surface area (Å²) in [5.74, 6) is -0.0739. The molecule has 1 amide bonds. The van der Waals surface area contributed by atoms with Crippen LogP contribution in [-0.2, 0) is 4.74 Å². The molecule has 0 aliphatic carbocycles. The molecule has 11 heteroatoms. The average Bonchev–Trinajstić information content (AvgIpc) is 2.61. The molecule has 1 aliphatic heterocycles. The molecule has 1 heterocycles. The third-order valence-corrected chi connectivity index (χ3v) is 4.29. The molecule has 11 nitrogen and oxygen atoms in total. The van der Waals surface area contributed by atoms with Crippen molar-refractivity contribution >= 4 is 28.9 Å². The molecule has 1 aromatic rings. The van der Waals surface area contributed by atoms with Crippen molar-refractivity contribution in [2.24, 2.45) is 11.0 Å².